The predicted molar refractivity (Wildman–Crippen MR) is 266 cm³/mol. The first kappa shape index (κ1) is 46.3. The number of nitrogens with one attached hydrogen (secondary N) is 2. The van der Waals surface area contributed by atoms with E-state index >= 15 is 4.39 Å². The number of fused-ring (bicyclic) bond motifs is 3. The molecule has 3 aromatic heterocycles. The minimum atomic E-state index is -3.33. The zero-order valence-electron chi connectivity index (χ0n) is 39.6. The van der Waals surface area contributed by atoms with Crippen molar-refractivity contribution in [1.29, 1.82) is 5.26 Å². The fraction of sp³-hybridized carbons (Fsp3) is 0.412. The number of amides is 2. The maximum Gasteiger partial charge on any atom is 0.249 e. The highest BCUT2D eigenvalue weighted by molar-refractivity contribution is 7.90. The zero-order chi connectivity index (χ0) is 49.0. The van der Waals surface area contributed by atoms with Gasteiger partial charge in [0.2, 0.25) is 18.0 Å². The molecular formula is C51H55FN13O5S+. The maximum absolute atomic E-state index is 15.6. The van der Waals surface area contributed by atoms with Gasteiger partial charge in [0.05, 0.1) is 52.7 Å². The molecule has 0 radical (unpaired) electrons. The lowest BCUT2D eigenvalue weighted by atomic mass is 9.85. The molecule has 20 heteroatoms. The Morgan fingerprint density at radius 3 is 2.49 bits per heavy atom. The number of allylic oxidation sites excluding steroid dienone is 1. The number of benzene rings is 2. The minimum absolute atomic E-state index is 0.218. The zero-order valence-corrected chi connectivity index (χ0v) is 40.4. The van der Waals surface area contributed by atoms with Gasteiger partial charge in [-0.05, 0) is 67.4 Å². The molecule has 3 atom stereocenters. The Balaban J connectivity index is 0.709. The molecule has 7 aliphatic rings. The molecule has 3 unspecified atom stereocenters. The number of imide groups is 1. The number of carbonyl (C=O) groups is 2. The Morgan fingerprint density at radius 2 is 1.77 bits per heavy atom. The summed E-state index contributed by atoms with van der Waals surface area (Å²) in [6.45, 7) is 5.16. The van der Waals surface area contributed by atoms with Crippen LogP contribution in [0.4, 0.5) is 21.6 Å². The Hall–Kier alpha value is -7.08. The van der Waals surface area contributed by atoms with Crippen molar-refractivity contribution in [2.24, 2.45) is 11.0 Å². The average Bonchev–Trinajstić information content (AvgIpc) is 4.04. The topological polar surface area (TPSA) is 197 Å². The van der Waals surface area contributed by atoms with Crippen molar-refractivity contribution >= 4 is 62.4 Å². The van der Waals surface area contributed by atoms with E-state index in [-0.39, 0.29) is 12.3 Å². The summed E-state index contributed by atoms with van der Waals surface area (Å²) in [7, 11) is -1.81. The Labute approximate surface area is 411 Å². The molecule has 366 valence electrons. The smallest absolute Gasteiger partial charge is 0.249 e. The highest BCUT2D eigenvalue weighted by Crippen LogP contribution is 2.38. The van der Waals surface area contributed by atoms with Crippen molar-refractivity contribution in [3.63, 3.8) is 0 Å². The number of rotatable bonds is 12. The number of methoxy groups -OCH3 is 1. The van der Waals surface area contributed by atoms with E-state index < -0.39 is 27.6 Å². The number of pyridine rings is 1. The number of hydrazone groups is 1. The molecule has 5 saturated heterocycles. The third kappa shape index (κ3) is 9.25. The molecule has 2 bridgehead atoms. The van der Waals surface area contributed by atoms with Gasteiger partial charge < -0.3 is 19.9 Å². The van der Waals surface area contributed by atoms with E-state index in [0.717, 1.165) is 80.8 Å². The Morgan fingerprint density at radius 1 is 0.986 bits per heavy atom. The summed E-state index contributed by atoms with van der Waals surface area (Å²) in [5.74, 6) is 0.512. The number of piperazine rings is 2. The summed E-state index contributed by atoms with van der Waals surface area (Å²) in [6, 6.07) is 17.0. The molecule has 12 rings (SSSR count). The molecule has 71 heavy (non-hydrogen) atoms. The number of ether oxygens (including phenoxy) is 1. The maximum atomic E-state index is 15.6. The van der Waals surface area contributed by atoms with Gasteiger partial charge in [-0.25, -0.2) is 27.3 Å². The quantitative estimate of drug-likeness (QED) is 0.129. The SMILES string of the molecule is COc1cc(N2CCN(C3CCC(/C=[N+]4\C=C(c5cn6ncc(C#N)c6c(-c6ccc(N7CC8CC(C7)N8Cc7ccccc7S(C)(=O)=O)nc6)n5)C=N4)CC3)CC2)c(F)cc1NC1CCC(=O)NC1=O. The van der Waals surface area contributed by atoms with Crippen LogP contribution in [-0.2, 0) is 26.0 Å². The first-order valence-electron chi connectivity index (χ1n) is 24.3. The molecule has 6 aliphatic heterocycles. The second-order valence-electron chi connectivity index (χ2n) is 19.4. The van der Waals surface area contributed by atoms with Crippen molar-refractivity contribution in [3.05, 3.63) is 96.0 Å². The summed E-state index contributed by atoms with van der Waals surface area (Å²) >= 11 is 0. The number of anilines is 3. The fourth-order valence-corrected chi connectivity index (χ4v) is 12.2. The lowest BCUT2D eigenvalue weighted by Crippen LogP contribution is -2.68. The van der Waals surface area contributed by atoms with Crippen LogP contribution < -0.4 is 25.2 Å². The molecule has 18 nitrogen and oxygen atoms in total. The molecule has 2 aromatic carbocycles. The second-order valence-corrected chi connectivity index (χ2v) is 21.4. The van der Waals surface area contributed by atoms with Crippen LogP contribution in [0.2, 0.25) is 0 Å². The van der Waals surface area contributed by atoms with Crippen LogP contribution in [0.15, 0.2) is 83.3 Å². The lowest BCUT2D eigenvalue weighted by Gasteiger charge is -2.56. The van der Waals surface area contributed by atoms with Crippen LogP contribution in [0.1, 0.15) is 61.8 Å². The van der Waals surface area contributed by atoms with Gasteiger partial charge in [0.1, 0.15) is 46.8 Å². The number of hydrogen-bond donors (Lipinski definition) is 2. The van der Waals surface area contributed by atoms with E-state index in [4.69, 9.17) is 19.8 Å². The molecule has 2 N–H and O–H groups in total. The predicted octanol–water partition coefficient (Wildman–Crippen LogP) is 4.70. The third-order valence-corrected chi connectivity index (χ3v) is 16.2. The molecule has 9 heterocycles. The van der Waals surface area contributed by atoms with Crippen LogP contribution in [0.3, 0.4) is 0 Å². The highest BCUT2D eigenvalue weighted by atomic mass is 32.2. The molecule has 1 aliphatic carbocycles. The van der Waals surface area contributed by atoms with Gasteiger partial charge in [-0.1, -0.05) is 22.9 Å². The summed E-state index contributed by atoms with van der Waals surface area (Å²) in [6.07, 6.45) is 18.2. The molecular weight excluding hydrogens is 926 g/mol. The summed E-state index contributed by atoms with van der Waals surface area (Å²) < 4.78 is 49.7. The number of sulfone groups is 1. The van der Waals surface area contributed by atoms with Crippen LogP contribution in [0.5, 0.6) is 5.75 Å². The molecule has 2 amide bonds. The highest BCUT2D eigenvalue weighted by Gasteiger charge is 2.45. The normalized spacial score (nSPS) is 24.5. The summed E-state index contributed by atoms with van der Waals surface area (Å²) in [5.41, 5.74) is 5.55. The van der Waals surface area contributed by atoms with E-state index in [2.05, 4.69) is 47.6 Å². The van der Waals surface area contributed by atoms with Gasteiger partial charge in [0.25, 0.3) is 0 Å². The second kappa shape index (κ2) is 18.9. The largest absolute Gasteiger partial charge is 0.495 e. The van der Waals surface area contributed by atoms with Gasteiger partial charge in [-0.2, -0.15) is 10.4 Å². The monoisotopic (exact) mass is 980 g/mol. The number of aromatic nitrogens is 4. The van der Waals surface area contributed by atoms with E-state index in [0.29, 0.717) is 94.6 Å². The van der Waals surface area contributed by atoms with Crippen molar-refractivity contribution in [3.8, 4) is 23.1 Å². The first-order valence-corrected chi connectivity index (χ1v) is 26.2. The van der Waals surface area contributed by atoms with E-state index in [1.54, 1.807) is 35.1 Å². The number of piperidine rings is 2. The van der Waals surface area contributed by atoms with Gasteiger partial charge in [-0.3, -0.25) is 24.7 Å². The molecule has 5 aromatic rings. The van der Waals surface area contributed by atoms with Crippen molar-refractivity contribution in [1.82, 2.24) is 34.7 Å². The lowest BCUT2D eigenvalue weighted by molar-refractivity contribution is -0.454. The summed E-state index contributed by atoms with van der Waals surface area (Å²) in [4.78, 5) is 43.6. The van der Waals surface area contributed by atoms with Crippen molar-refractivity contribution in [2.75, 3.05) is 67.8 Å². The van der Waals surface area contributed by atoms with Crippen LogP contribution in [-0.4, -0.2) is 144 Å². The van der Waals surface area contributed by atoms with Gasteiger partial charge in [-0.15, -0.1) is 0 Å². The molecule has 0 spiro atoms. The van der Waals surface area contributed by atoms with E-state index in [9.17, 15) is 23.3 Å². The standard InChI is InChI=1S/C51H54FN13O5S/c1-70-45-21-44(40(52)20-42(45)57-41-12-14-48(66)59-51(41)67)61-17-15-60(16-18-61)37-10-7-32(8-11-37)26-63-27-36(25-55-63)43-31-65-50(35(22-53)24-56-65)49(58-43)33-9-13-47(54-23-33)62-29-38-19-39(30-62)64(38)28-34-5-3-4-6-46(34)71(2,68)69/h3-6,9,13,20-21,23-27,31-32,37-39,41,57H,7-8,10-12,14-19,28-30H2,1-2H3/p+1/b63-26+. The van der Waals surface area contributed by atoms with Crippen LogP contribution in [0.25, 0.3) is 22.3 Å². The first-order chi connectivity index (χ1) is 34.4. The van der Waals surface area contributed by atoms with Crippen molar-refractivity contribution in [2.45, 2.75) is 80.6 Å². The van der Waals surface area contributed by atoms with Crippen LogP contribution in [0, 0.1) is 23.1 Å². The average molecular weight is 981 g/mol. The number of carbonyl (C=O) groups excluding carboxylic acids is 2. The van der Waals surface area contributed by atoms with E-state index in [1.165, 1.54) is 19.4 Å². The van der Waals surface area contributed by atoms with Crippen molar-refractivity contribution < 1.29 is 31.8 Å². The minimum Gasteiger partial charge on any atom is -0.495 e. The van der Waals surface area contributed by atoms with Gasteiger partial charge in [0.15, 0.2) is 16.1 Å². The molecule has 6 fully saturated rings. The van der Waals surface area contributed by atoms with Crippen LogP contribution >= 0.6 is 0 Å². The number of hydrogen-bond acceptors (Lipinski definition) is 15. The third-order valence-electron chi connectivity index (χ3n) is 15.0. The fourth-order valence-electron chi connectivity index (χ4n) is 11.3. The molecule has 1 saturated carbocycles. The summed E-state index contributed by atoms with van der Waals surface area (Å²) in [5, 5.41) is 24.7. The van der Waals surface area contributed by atoms with Gasteiger partial charge >= 0.3 is 0 Å². The Bertz CT molecular complexity index is 3160. The van der Waals surface area contributed by atoms with Gasteiger partial charge in [0, 0.05) is 106 Å². The number of nitrogens with zero attached hydrogens (tertiary/aromatic N) is 11. The van der Waals surface area contributed by atoms with E-state index in [1.807, 2.05) is 47.5 Å². The number of halogens is 1. The number of nitriles is 1. The Kier molecular flexibility index (Phi) is 12.3.